The molecular formula is C20H26N2O8. The maximum atomic E-state index is 12.5. The smallest absolute Gasteiger partial charge is 0.319 e. The number of nitrogens with one attached hydrogen (secondary N) is 2. The lowest BCUT2D eigenvalue weighted by atomic mass is 10.0. The first-order valence-electron chi connectivity index (χ1n) is 9.59. The number of carbonyl (C=O) groups is 3. The Morgan fingerprint density at radius 2 is 1.80 bits per heavy atom. The molecule has 2 aliphatic rings. The minimum absolute atomic E-state index is 0.192. The Balaban J connectivity index is 1.76. The van der Waals surface area contributed by atoms with E-state index >= 15 is 0 Å². The lowest BCUT2D eigenvalue weighted by Crippen LogP contribution is -2.54. The third-order valence-electron chi connectivity index (χ3n) is 4.54. The number of anilines is 1. The Morgan fingerprint density at radius 3 is 2.43 bits per heavy atom. The van der Waals surface area contributed by atoms with Gasteiger partial charge in [-0.1, -0.05) is 18.2 Å². The van der Waals surface area contributed by atoms with Crippen molar-refractivity contribution in [1.29, 1.82) is 0 Å². The molecule has 3 rings (SSSR count). The van der Waals surface area contributed by atoms with E-state index in [-0.39, 0.29) is 6.61 Å². The SMILES string of the molecule is CC(=O)OC[C@H](NC(=O)Nc1ccccc1)[C@H]1O[C@@H]2OC(C)(C)O[C@@H]2[C@H]1OC(C)=O. The third kappa shape index (κ3) is 5.47. The molecular weight excluding hydrogens is 396 g/mol. The predicted octanol–water partition coefficient (Wildman–Crippen LogP) is 1.55. The summed E-state index contributed by atoms with van der Waals surface area (Å²) in [7, 11) is 0. The molecule has 2 amide bonds. The summed E-state index contributed by atoms with van der Waals surface area (Å²) in [4.78, 5) is 35.6. The molecule has 30 heavy (non-hydrogen) atoms. The Bertz CT molecular complexity index is 784. The van der Waals surface area contributed by atoms with Gasteiger partial charge in [-0.25, -0.2) is 4.79 Å². The summed E-state index contributed by atoms with van der Waals surface area (Å²) in [5.74, 6) is -1.98. The van der Waals surface area contributed by atoms with Gasteiger partial charge in [-0.3, -0.25) is 9.59 Å². The number of rotatable bonds is 6. The zero-order valence-electron chi connectivity index (χ0n) is 17.2. The fourth-order valence-corrected chi connectivity index (χ4v) is 3.44. The van der Waals surface area contributed by atoms with Crippen molar-refractivity contribution in [3.8, 4) is 0 Å². The average Bonchev–Trinajstić information content (AvgIpc) is 3.11. The van der Waals surface area contributed by atoms with E-state index in [1.165, 1.54) is 13.8 Å². The Hall–Kier alpha value is -2.69. The van der Waals surface area contributed by atoms with Gasteiger partial charge in [-0.2, -0.15) is 0 Å². The molecule has 0 spiro atoms. The van der Waals surface area contributed by atoms with Crippen LogP contribution in [0.25, 0.3) is 0 Å². The number of fused-ring (bicyclic) bond motifs is 1. The van der Waals surface area contributed by atoms with Gasteiger partial charge in [0.2, 0.25) is 0 Å². The van der Waals surface area contributed by atoms with E-state index in [2.05, 4.69) is 10.6 Å². The van der Waals surface area contributed by atoms with Crippen LogP contribution >= 0.6 is 0 Å². The van der Waals surface area contributed by atoms with Crippen molar-refractivity contribution < 1.29 is 38.1 Å². The molecule has 1 aromatic carbocycles. The van der Waals surface area contributed by atoms with Gasteiger partial charge < -0.3 is 34.3 Å². The van der Waals surface area contributed by atoms with E-state index in [0.717, 1.165) is 0 Å². The molecule has 1 aromatic rings. The van der Waals surface area contributed by atoms with Gasteiger partial charge in [0.15, 0.2) is 24.3 Å². The molecule has 0 bridgehead atoms. The van der Waals surface area contributed by atoms with Crippen molar-refractivity contribution in [1.82, 2.24) is 5.32 Å². The first kappa shape index (κ1) is 22.0. The number of urea groups is 1. The zero-order chi connectivity index (χ0) is 21.9. The van der Waals surface area contributed by atoms with Crippen LogP contribution in [0.2, 0.25) is 0 Å². The lowest BCUT2D eigenvalue weighted by molar-refractivity contribution is -0.222. The zero-order valence-corrected chi connectivity index (χ0v) is 17.2. The van der Waals surface area contributed by atoms with Crippen LogP contribution < -0.4 is 10.6 Å². The second-order valence-corrected chi connectivity index (χ2v) is 7.52. The van der Waals surface area contributed by atoms with E-state index in [1.807, 2.05) is 6.07 Å². The van der Waals surface area contributed by atoms with Crippen molar-refractivity contribution >= 4 is 23.7 Å². The van der Waals surface area contributed by atoms with Crippen molar-refractivity contribution in [2.75, 3.05) is 11.9 Å². The first-order chi connectivity index (χ1) is 14.1. The summed E-state index contributed by atoms with van der Waals surface area (Å²) in [5, 5.41) is 5.41. The highest BCUT2D eigenvalue weighted by atomic mass is 16.8. The average molecular weight is 422 g/mol. The van der Waals surface area contributed by atoms with Crippen LogP contribution in [0.4, 0.5) is 10.5 Å². The van der Waals surface area contributed by atoms with Gasteiger partial charge in [0.25, 0.3) is 0 Å². The number of carbonyl (C=O) groups excluding carboxylic acids is 3. The van der Waals surface area contributed by atoms with E-state index < -0.39 is 54.4 Å². The highest BCUT2D eigenvalue weighted by Gasteiger charge is 2.58. The van der Waals surface area contributed by atoms with Gasteiger partial charge >= 0.3 is 18.0 Å². The lowest BCUT2D eigenvalue weighted by Gasteiger charge is -2.30. The minimum Gasteiger partial charge on any atom is -0.464 e. The van der Waals surface area contributed by atoms with Crippen molar-refractivity contribution in [2.24, 2.45) is 0 Å². The Labute approximate surface area is 174 Å². The number of para-hydroxylation sites is 1. The molecule has 2 heterocycles. The maximum absolute atomic E-state index is 12.5. The highest BCUT2D eigenvalue weighted by Crippen LogP contribution is 2.39. The molecule has 2 fully saturated rings. The van der Waals surface area contributed by atoms with Crippen LogP contribution in [0.5, 0.6) is 0 Å². The largest absolute Gasteiger partial charge is 0.464 e. The molecule has 0 unspecified atom stereocenters. The Kier molecular flexibility index (Phi) is 6.59. The van der Waals surface area contributed by atoms with Gasteiger partial charge in [0.1, 0.15) is 12.7 Å². The second kappa shape index (κ2) is 8.99. The topological polar surface area (TPSA) is 121 Å². The van der Waals surface area contributed by atoms with E-state index in [9.17, 15) is 14.4 Å². The number of esters is 2. The van der Waals surface area contributed by atoms with Crippen LogP contribution in [0.1, 0.15) is 27.7 Å². The standard InChI is InChI=1S/C20H26N2O8/c1-11(23)26-10-14(22-19(25)21-13-8-6-5-7-9-13)15-16(27-12(2)24)17-18(28-15)30-20(3,4)29-17/h5-9,14-18H,10H2,1-4H3,(H2,21,22,25)/t14-,15+,16-,17+,18+/m0/s1. The Morgan fingerprint density at radius 1 is 1.10 bits per heavy atom. The summed E-state index contributed by atoms with van der Waals surface area (Å²) in [6.45, 7) is 5.77. The summed E-state index contributed by atoms with van der Waals surface area (Å²) in [6.07, 6.45) is -3.21. The number of hydrogen-bond acceptors (Lipinski definition) is 8. The summed E-state index contributed by atoms with van der Waals surface area (Å²) in [6, 6.07) is 7.46. The van der Waals surface area contributed by atoms with E-state index in [4.69, 9.17) is 23.7 Å². The molecule has 10 heteroatoms. The molecule has 10 nitrogen and oxygen atoms in total. The number of hydrogen-bond donors (Lipinski definition) is 2. The normalized spacial score (nSPS) is 27.6. The van der Waals surface area contributed by atoms with Crippen molar-refractivity contribution in [3.05, 3.63) is 30.3 Å². The minimum atomic E-state index is -0.914. The molecule has 0 aromatic heterocycles. The van der Waals surface area contributed by atoms with Gasteiger partial charge in [-0.15, -0.1) is 0 Å². The van der Waals surface area contributed by atoms with Crippen LogP contribution in [0, 0.1) is 0 Å². The quantitative estimate of drug-likeness (QED) is 0.663. The van der Waals surface area contributed by atoms with Crippen LogP contribution in [0.3, 0.4) is 0 Å². The van der Waals surface area contributed by atoms with Crippen LogP contribution in [-0.4, -0.2) is 61.0 Å². The van der Waals surface area contributed by atoms with Gasteiger partial charge in [0.05, 0.1) is 6.04 Å². The van der Waals surface area contributed by atoms with Crippen LogP contribution in [-0.2, 0) is 33.3 Å². The van der Waals surface area contributed by atoms with Crippen molar-refractivity contribution in [3.63, 3.8) is 0 Å². The molecule has 0 aliphatic carbocycles. The number of benzene rings is 1. The summed E-state index contributed by atoms with van der Waals surface area (Å²) in [5.41, 5.74) is 0.579. The highest BCUT2D eigenvalue weighted by molar-refractivity contribution is 5.89. The molecule has 5 atom stereocenters. The van der Waals surface area contributed by atoms with E-state index in [0.29, 0.717) is 5.69 Å². The monoisotopic (exact) mass is 422 g/mol. The molecule has 2 N–H and O–H groups in total. The predicted molar refractivity (Wildman–Crippen MR) is 103 cm³/mol. The summed E-state index contributed by atoms with van der Waals surface area (Å²) < 4.78 is 28.0. The second-order valence-electron chi connectivity index (χ2n) is 7.52. The number of amides is 2. The fraction of sp³-hybridized carbons (Fsp3) is 0.550. The fourth-order valence-electron chi connectivity index (χ4n) is 3.44. The number of ether oxygens (including phenoxy) is 5. The van der Waals surface area contributed by atoms with Crippen LogP contribution in [0.15, 0.2) is 30.3 Å². The molecule has 2 saturated heterocycles. The van der Waals surface area contributed by atoms with Gasteiger partial charge in [-0.05, 0) is 26.0 Å². The first-order valence-corrected chi connectivity index (χ1v) is 9.59. The molecule has 0 radical (unpaired) electrons. The van der Waals surface area contributed by atoms with Crippen molar-refractivity contribution in [2.45, 2.75) is 64.1 Å². The summed E-state index contributed by atoms with van der Waals surface area (Å²) >= 11 is 0. The molecule has 0 saturated carbocycles. The van der Waals surface area contributed by atoms with E-state index in [1.54, 1.807) is 38.1 Å². The third-order valence-corrected chi connectivity index (χ3v) is 4.54. The maximum Gasteiger partial charge on any atom is 0.319 e. The van der Waals surface area contributed by atoms with Gasteiger partial charge in [0, 0.05) is 19.5 Å². The molecule has 164 valence electrons. The molecule has 2 aliphatic heterocycles.